The number of carbonyl (C=O) groups is 1. The van der Waals surface area contributed by atoms with Gasteiger partial charge in [-0.05, 0) is 43.8 Å². The number of ether oxygens (including phenoxy) is 1. The van der Waals surface area contributed by atoms with E-state index in [0.29, 0.717) is 12.1 Å². The van der Waals surface area contributed by atoms with Gasteiger partial charge < -0.3 is 14.1 Å². The molecular weight excluding hydrogens is 258 g/mol. The Balaban J connectivity index is 1.79. The van der Waals surface area contributed by atoms with Gasteiger partial charge in [-0.3, -0.25) is 0 Å². The summed E-state index contributed by atoms with van der Waals surface area (Å²) in [5.41, 5.74) is 0. The number of rotatable bonds is 3. The Labute approximate surface area is 117 Å². The molecule has 2 fully saturated rings. The third-order valence-corrected chi connectivity index (χ3v) is 9.52. The summed E-state index contributed by atoms with van der Waals surface area (Å²) in [4.78, 5) is 14.0. The van der Waals surface area contributed by atoms with E-state index in [2.05, 4.69) is 33.9 Å². The predicted molar refractivity (Wildman–Crippen MR) is 77.5 cm³/mol. The van der Waals surface area contributed by atoms with Crippen LogP contribution in [-0.4, -0.2) is 38.2 Å². The average molecular weight is 285 g/mol. The molecule has 0 aromatic carbocycles. The van der Waals surface area contributed by atoms with Crippen LogP contribution in [-0.2, 0) is 9.16 Å². The molecule has 0 N–H and O–H groups in total. The molecule has 1 amide bonds. The molecule has 2 bridgehead atoms. The standard InChI is InChI=1S/C14H27NO3Si/c1-14(2,3)19(4,5)18-10-17-13(16)15-11-6-7-12(15)9-8-11/h11-12H,6-10H2,1-5H3. The highest BCUT2D eigenvalue weighted by Crippen LogP contribution is 2.38. The lowest BCUT2D eigenvalue weighted by Crippen LogP contribution is -2.42. The molecule has 19 heavy (non-hydrogen) atoms. The highest BCUT2D eigenvalue weighted by molar-refractivity contribution is 6.74. The molecule has 5 heteroatoms. The Kier molecular flexibility index (Phi) is 3.98. The lowest BCUT2D eigenvalue weighted by atomic mass is 10.0. The van der Waals surface area contributed by atoms with Crippen molar-refractivity contribution in [2.24, 2.45) is 0 Å². The number of hydrogen-bond acceptors (Lipinski definition) is 3. The highest BCUT2D eigenvalue weighted by Gasteiger charge is 2.43. The first kappa shape index (κ1) is 14.8. The van der Waals surface area contributed by atoms with E-state index >= 15 is 0 Å². The summed E-state index contributed by atoms with van der Waals surface area (Å²) in [5, 5.41) is 0.145. The molecule has 2 saturated heterocycles. The van der Waals surface area contributed by atoms with Gasteiger partial charge in [-0.1, -0.05) is 20.8 Å². The molecular formula is C14H27NO3Si. The van der Waals surface area contributed by atoms with Crippen LogP contribution in [0.5, 0.6) is 0 Å². The van der Waals surface area contributed by atoms with Crippen LogP contribution in [0.3, 0.4) is 0 Å². The second-order valence-corrected chi connectivity index (χ2v) is 12.1. The van der Waals surface area contributed by atoms with Gasteiger partial charge >= 0.3 is 6.09 Å². The maximum Gasteiger partial charge on any atom is 0.412 e. The molecule has 0 aliphatic carbocycles. The van der Waals surface area contributed by atoms with E-state index in [-0.39, 0.29) is 17.9 Å². The minimum atomic E-state index is -1.83. The Morgan fingerprint density at radius 2 is 1.63 bits per heavy atom. The van der Waals surface area contributed by atoms with Crippen LogP contribution >= 0.6 is 0 Å². The zero-order valence-electron chi connectivity index (χ0n) is 12.9. The Morgan fingerprint density at radius 3 is 2.05 bits per heavy atom. The molecule has 0 saturated carbocycles. The van der Waals surface area contributed by atoms with Crippen LogP contribution in [0.4, 0.5) is 4.79 Å². The molecule has 2 heterocycles. The highest BCUT2D eigenvalue weighted by atomic mass is 28.4. The first-order valence-electron chi connectivity index (χ1n) is 7.31. The van der Waals surface area contributed by atoms with Crippen molar-refractivity contribution in [3.63, 3.8) is 0 Å². The first-order valence-corrected chi connectivity index (χ1v) is 10.2. The van der Waals surface area contributed by atoms with Gasteiger partial charge in [-0.15, -0.1) is 0 Å². The maximum atomic E-state index is 12.1. The lowest BCUT2D eigenvalue weighted by molar-refractivity contribution is 0.0253. The lowest BCUT2D eigenvalue weighted by Gasteiger charge is -2.35. The van der Waals surface area contributed by atoms with Gasteiger partial charge in [0.2, 0.25) is 0 Å². The molecule has 0 unspecified atom stereocenters. The van der Waals surface area contributed by atoms with Gasteiger partial charge in [0.05, 0.1) is 0 Å². The van der Waals surface area contributed by atoms with Crippen molar-refractivity contribution in [3.05, 3.63) is 0 Å². The van der Waals surface area contributed by atoms with E-state index in [4.69, 9.17) is 9.16 Å². The molecule has 4 nitrogen and oxygen atoms in total. The summed E-state index contributed by atoms with van der Waals surface area (Å²) in [7, 11) is -1.83. The van der Waals surface area contributed by atoms with Crippen LogP contribution in [0.25, 0.3) is 0 Å². The monoisotopic (exact) mass is 285 g/mol. The summed E-state index contributed by atoms with van der Waals surface area (Å²) in [6.45, 7) is 11.0. The number of nitrogens with zero attached hydrogens (tertiary/aromatic N) is 1. The van der Waals surface area contributed by atoms with Crippen LogP contribution in [0.2, 0.25) is 18.1 Å². The van der Waals surface area contributed by atoms with Gasteiger partial charge in [0.1, 0.15) is 0 Å². The summed E-state index contributed by atoms with van der Waals surface area (Å²) >= 11 is 0. The van der Waals surface area contributed by atoms with E-state index in [9.17, 15) is 4.79 Å². The smallest absolute Gasteiger partial charge is 0.412 e. The van der Waals surface area contributed by atoms with Crippen molar-refractivity contribution in [1.29, 1.82) is 0 Å². The van der Waals surface area contributed by atoms with Crippen molar-refractivity contribution in [1.82, 2.24) is 4.90 Å². The minimum absolute atomic E-state index is 0.102. The Morgan fingerprint density at radius 1 is 1.16 bits per heavy atom. The van der Waals surface area contributed by atoms with Crippen LogP contribution in [0.15, 0.2) is 0 Å². The fourth-order valence-corrected chi connectivity index (χ4v) is 3.52. The van der Waals surface area contributed by atoms with Crippen molar-refractivity contribution in [2.45, 2.75) is 76.7 Å². The van der Waals surface area contributed by atoms with Gasteiger partial charge in [-0.25, -0.2) is 4.79 Å². The van der Waals surface area contributed by atoms with Crippen LogP contribution in [0, 0.1) is 0 Å². The van der Waals surface area contributed by atoms with Gasteiger partial charge in [0.25, 0.3) is 0 Å². The van der Waals surface area contributed by atoms with Gasteiger partial charge in [0.15, 0.2) is 15.1 Å². The van der Waals surface area contributed by atoms with Crippen molar-refractivity contribution < 1.29 is 14.0 Å². The number of hydrogen-bond donors (Lipinski definition) is 0. The molecule has 2 rings (SSSR count). The second-order valence-electron chi connectivity index (χ2n) is 7.30. The van der Waals surface area contributed by atoms with Gasteiger partial charge in [-0.2, -0.15) is 0 Å². The predicted octanol–water partition coefficient (Wildman–Crippen LogP) is 3.73. The molecule has 2 aliphatic heterocycles. The van der Waals surface area contributed by atoms with Crippen LogP contribution in [0.1, 0.15) is 46.5 Å². The van der Waals surface area contributed by atoms with Crippen LogP contribution < -0.4 is 0 Å². The second kappa shape index (κ2) is 5.09. The zero-order chi connectivity index (χ0) is 14.3. The summed E-state index contributed by atoms with van der Waals surface area (Å²) in [6.07, 6.45) is 4.39. The van der Waals surface area contributed by atoms with E-state index in [1.165, 1.54) is 0 Å². The van der Waals surface area contributed by atoms with Crippen molar-refractivity contribution in [3.8, 4) is 0 Å². The first-order chi connectivity index (χ1) is 8.72. The molecule has 0 radical (unpaired) electrons. The average Bonchev–Trinajstić information content (AvgIpc) is 2.86. The summed E-state index contributed by atoms with van der Waals surface area (Å²) in [5.74, 6) is 0. The SMILES string of the molecule is CC(C)(C)[Si](C)(C)OCOC(=O)N1C2CCC1CC2. The third kappa shape index (κ3) is 2.97. The van der Waals surface area contributed by atoms with E-state index in [1.807, 2.05) is 4.90 Å². The quantitative estimate of drug-likeness (QED) is 0.586. The Hall–Kier alpha value is -0.553. The summed E-state index contributed by atoms with van der Waals surface area (Å²) in [6, 6.07) is 0.843. The third-order valence-electron chi connectivity index (χ3n) is 5.07. The van der Waals surface area contributed by atoms with E-state index in [0.717, 1.165) is 25.7 Å². The number of amides is 1. The van der Waals surface area contributed by atoms with E-state index < -0.39 is 8.32 Å². The van der Waals surface area contributed by atoms with Crippen molar-refractivity contribution >= 4 is 14.4 Å². The largest absolute Gasteiger partial charge is 0.423 e. The fourth-order valence-electron chi connectivity index (χ4n) is 2.73. The molecule has 0 aromatic heterocycles. The molecule has 0 atom stereocenters. The number of fused-ring (bicyclic) bond motifs is 2. The van der Waals surface area contributed by atoms with Gasteiger partial charge in [0, 0.05) is 12.1 Å². The molecule has 2 aliphatic rings. The molecule has 110 valence electrons. The normalized spacial score (nSPS) is 26.9. The Bertz CT molecular complexity index is 331. The molecule has 0 spiro atoms. The van der Waals surface area contributed by atoms with E-state index in [1.54, 1.807) is 0 Å². The minimum Gasteiger partial charge on any atom is -0.423 e. The fraction of sp³-hybridized carbons (Fsp3) is 0.929. The van der Waals surface area contributed by atoms with Crippen molar-refractivity contribution in [2.75, 3.05) is 6.79 Å². The summed E-state index contributed by atoms with van der Waals surface area (Å²) < 4.78 is 11.2. The zero-order valence-corrected chi connectivity index (χ0v) is 13.9. The maximum absolute atomic E-state index is 12.1. The molecule has 0 aromatic rings. The topological polar surface area (TPSA) is 38.8 Å². The number of carbonyl (C=O) groups excluding carboxylic acids is 1.